The summed E-state index contributed by atoms with van der Waals surface area (Å²) >= 11 is 3.43. The molecular formula is C16H8BrN2O2-. The lowest BCUT2D eigenvalue weighted by Crippen LogP contribution is -2.23. The van der Waals surface area contributed by atoms with Crippen molar-refractivity contribution < 1.29 is 9.90 Å². The van der Waals surface area contributed by atoms with Crippen LogP contribution in [-0.2, 0) is 0 Å². The molecule has 2 aromatic heterocycles. The quantitative estimate of drug-likeness (QED) is 0.579. The fraction of sp³-hybridized carbons (Fsp3) is 0. The van der Waals surface area contributed by atoms with E-state index in [2.05, 4.69) is 25.9 Å². The van der Waals surface area contributed by atoms with Gasteiger partial charge in [-0.1, -0.05) is 34.1 Å². The number of H-pyrrole nitrogens is 1. The number of benzene rings is 2. The van der Waals surface area contributed by atoms with Gasteiger partial charge in [-0.3, -0.25) is 0 Å². The lowest BCUT2D eigenvalue weighted by Gasteiger charge is -2.08. The van der Waals surface area contributed by atoms with Gasteiger partial charge in [0, 0.05) is 26.3 Å². The molecule has 0 radical (unpaired) electrons. The van der Waals surface area contributed by atoms with E-state index in [1.54, 1.807) is 18.2 Å². The molecule has 4 aromatic rings. The number of hydrogen-bond donors (Lipinski definition) is 1. The molecule has 2 heterocycles. The molecule has 4 rings (SSSR count). The Kier molecular flexibility index (Phi) is 2.53. The van der Waals surface area contributed by atoms with Crippen LogP contribution in [0.5, 0.6) is 0 Å². The van der Waals surface area contributed by atoms with Gasteiger partial charge >= 0.3 is 0 Å². The Morgan fingerprint density at radius 2 is 1.95 bits per heavy atom. The number of carbonyl (C=O) groups is 1. The predicted octanol–water partition coefficient (Wildman–Crippen LogP) is 3.00. The van der Waals surface area contributed by atoms with Crippen LogP contribution in [0.4, 0.5) is 0 Å². The lowest BCUT2D eigenvalue weighted by atomic mass is 10.1. The number of aromatic amines is 1. The van der Waals surface area contributed by atoms with E-state index in [0.29, 0.717) is 21.9 Å². The van der Waals surface area contributed by atoms with Crippen LogP contribution in [0.25, 0.3) is 32.8 Å². The average Bonchev–Trinajstić information content (AvgIpc) is 2.81. The second-order valence-electron chi connectivity index (χ2n) is 4.83. The summed E-state index contributed by atoms with van der Waals surface area (Å²) in [6.07, 6.45) is 0. The summed E-state index contributed by atoms with van der Waals surface area (Å²) in [5.74, 6) is -1.20. The number of pyridine rings is 1. The fourth-order valence-corrected chi connectivity index (χ4v) is 3.06. The number of carbonyl (C=O) groups excluding carboxylic acids is 1. The number of carboxylic acid groups (broad SMARTS) is 1. The Balaban J connectivity index is 2.32. The largest absolute Gasteiger partial charge is 0.545 e. The maximum Gasteiger partial charge on any atom is 0.0972 e. The van der Waals surface area contributed by atoms with Gasteiger partial charge < -0.3 is 14.9 Å². The van der Waals surface area contributed by atoms with Gasteiger partial charge in [0.25, 0.3) is 0 Å². The fourth-order valence-electron chi connectivity index (χ4n) is 2.70. The van der Waals surface area contributed by atoms with Crippen molar-refractivity contribution in [3.63, 3.8) is 0 Å². The first-order valence-electron chi connectivity index (χ1n) is 6.36. The first kappa shape index (κ1) is 12.3. The van der Waals surface area contributed by atoms with Crippen molar-refractivity contribution in [2.45, 2.75) is 0 Å². The molecule has 0 aliphatic carbocycles. The Hall–Kier alpha value is -2.40. The minimum absolute atomic E-state index is 0.155. The summed E-state index contributed by atoms with van der Waals surface area (Å²) in [6.45, 7) is 0. The molecule has 102 valence electrons. The van der Waals surface area contributed by atoms with Crippen LogP contribution in [0, 0.1) is 0 Å². The molecule has 1 N–H and O–H groups in total. The molecule has 5 heteroatoms. The van der Waals surface area contributed by atoms with Crippen LogP contribution in [-0.4, -0.2) is 15.9 Å². The molecule has 21 heavy (non-hydrogen) atoms. The smallest absolute Gasteiger partial charge is 0.0972 e. The molecular weight excluding hydrogens is 332 g/mol. The highest BCUT2D eigenvalue weighted by molar-refractivity contribution is 9.10. The third-order valence-electron chi connectivity index (χ3n) is 3.59. The summed E-state index contributed by atoms with van der Waals surface area (Å²) < 4.78 is 0.917. The third kappa shape index (κ3) is 1.74. The number of aromatic carboxylic acids is 1. The molecule has 4 nitrogen and oxygen atoms in total. The topological polar surface area (TPSA) is 68.8 Å². The van der Waals surface area contributed by atoms with E-state index < -0.39 is 5.97 Å². The van der Waals surface area contributed by atoms with Crippen LogP contribution in [0.3, 0.4) is 0 Å². The molecule has 2 aromatic carbocycles. The Labute approximate surface area is 127 Å². The highest BCUT2D eigenvalue weighted by atomic mass is 79.9. The van der Waals surface area contributed by atoms with Gasteiger partial charge in [0.05, 0.1) is 22.5 Å². The van der Waals surface area contributed by atoms with Crippen molar-refractivity contribution >= 4 is 54.7 Å². The van der Waals surface area contributed by atoms with E-state index in [1.807, 2.05) is 24.3 Å². The predicted molar refractivity (Wildman–Crippen MR) is 83.1 cm³/mol. The maximum atomic E-state index is 11.6. The van der Waals surface area contributed by atoms with Gasteiger partial charge in [-0.15, -0.1) is 0 Å². The van der Waals surface area contributed by atoms with Crippen molar-refractivity contribution in [3.8, 4) is 0 Å². The summed E-state index contributed by atoms with van der Waals surface area (Å²) in [5, 5.41) is 13.1. The Morgan fingerprint density at radius 1 is 1.14 bits per heavy atom. The highest BCUT2D eigenvalue weighted by Gasteiger charge is 2.14. The van der Waals surface area contributed by atoms with E-state index in [9.17, 15) is 9.90 Å². The monoisotopic (exact) mass is 339 g/mol. The molecule has 0 amide bonds. The van der Waals surface area contributed by atoms with Crippen molar-refractivity contribution in [2.75, 3.05) is 0 Å². The van der Waals surface area contributed by atoms with Crippen molar-refractivity contribution in [1.29, 1.82) is 0 Å². The van der Waals surface area contributed by atoms with E-state index in [4.69, 9.17) is 0 Å². The number of aromatic nitrogens is 2. The zero-order chi connectivity index (χ0) is 14.6. The number of carboxylic acids is 1. The maximum absolute atomic E-state index is 11.6. The molecule has 0 aliphatic rings. The van der Waals surface area contributed by atoms with Gasteiger partial charge in [0.1, 0.15) is 0 Å². The third-order valence-corrected chi connectivity index (χ3v) is 4.09. The molecule has 0 saturated heterocycles. The van der Waals surface area contributed by atoms with Crippen molar-refractivity contribution in [3.05, 3.63) is 52.5 Å². The lowest BCUT2D eigenvalue weighted by molar-refractivity contribution is -0.254. The first-order valence-corrected chi connectivity index (χ1v) is 7.15. The second kappa shape index (κ2) is 4.30. The van der Waals surface area contributed by atoms with Gasteiger partial charge in [0.15, 0.2) is 0 Å². The van der Waals surface area contributed by atoms with Crippen LogP contribution >= 0.6 is 15.9 Å². The minimum atomic E-state index is -1.20. The normalized spacial score (nSPS) is 11.5. The first-order chi connectivity index (χ1) is 10.1. The highest BCUT2D eigenvalue weighted by Crippen LogP contribution is 2.32. The van der Waals surface area contributed by atoms with E-state index >= 15 is 0 Å². The molecule has 0 atom stereocenters. The van der Waals surface area contributed by atoms with Crippen LogP contribution in [0.2, 0.25) is 0 Å². The SMILES string of the molecule is O=C([O-])c1c2ccccc2nc2c1[nH]c1ccc(Br)cc12. The van der Waals surface area contributed by atoms with Gasteiger partial charge in [0.2, 0.25) is 0 Å². The molecule has 0 spiro atoms. The number of fused-ring (bicyclic) bond motifs is 4. The molecule has 0 aliphatic heterocycles. The molecule has 0 unspecified atom stereocenters. The van der Waals surface area contributed by atoms with Gasteiger partial charge in [-0.25, -0.2) is 4.98 Å². The van der Waals surface area contributed by atoms with E-state index in [1.165, 1.54) is 0 Å². The van der Waals surface area contributed by atoms with Gasteiger partial charge in [-0.05, 0) is 24.3 Å². The average molecular weight is 340 g/mol. The van der Waals surface area contributed by atoms with Crippen LogP contribution < -0.4 is 5.11 Å². The summed E-state index contributed by atoms with van der Waals surface area (Å²) in [5.41, 5.74) is 2.79. The van der Waals surface area contributed by atoms with Gasteiger partial charge in [-0.2, -0.15) is 0 Å². The second-order valence-corrected chi connectivity index (χ2v) is 5.75. The van der Waals surface area contributed by atoms with Crippen LogP contribution in [0.15, 0.2) is 46.9 Å². The number of nitrogens with zero attached hydrogens (tertiary/aromatic N) is 1. The van der Waals surface area contributed by atoms with Crippen LogP contribution in [0.1, 0.15) is 10.4 Å². The number of nitrogens with one attached hydrogen (secondary N) is 1. The Bertz CT molecular complexity index is 1040. The molecule has 0 fully saturated rings. The number of hydrogen-bond acceptors (Lipinski definition) is 3. The number of para-hydroxylation sites is 1. The molecule has 0 bridgehead atoms. The number of halogens is 1. The summed E-state index contributed by atoms with van der Waals surface area (Å²) in [7, 11) is 0. The van der Waals surface area contributed by atoms with Crippen molar-refractivity contribution in [2.24, 2.45) is 0 Å². The molecule has 0 saturated carbocycles. The summed E-state index contributed by atoms with van der Waals surface area (Å²) in [4.78, 5) is 19.4. The number of rotatable bonds is 1. The zero-order valence-electron chi connectivity index (χ0n) is 10.7. The Morgan fingerprint density at radius 3 is 2.76 bits per heavy atom. The standard InChI is InChI=1S/C16H9BrN2O2/c17-8-5-6-12-10(7-8)14-15(19-12)13(16(20)21)9-3-1-2-4-11(9)18-14/h1-7,19H,(H,20,21)/p-1. The minimum Gasteiger partial charge on any atom is -0.545 e. The zero-order valence-corrected chi connectivity index (χ0v) is 12.3. The van der Waals surface area contributed by atoms with E-state index in [-0.39, 0.29) is 5.56 Å². The van der Waals surface area contributed by atoms with E-state index in [0.717, 1.165) is 15.4 Å². The summed E-state index contributed by atoms with van der Waals surface area (Å²) in [6, 6.07) is 12.9. The van der Waals surface area contributed by atoms with Crippen molar-refractivity contribution in [1.82, 2.24) is 9.97 Å².